The quantitative estimate of drug-likeness (QED) is 0.869. The van der Waals surface area contributed by atoms with E-state index >= 15 is 0 Å². The number of aromatic nitrogens is 1. The Bertz CT molecular complexity index is 418. The van der Waals surface area contributed by atoms with Crippen LogP contribution in [0, 0.1) is 17.2 Å². The largest absolute Gasteiger partial charge is 0.317 e. The van der Waals surface area contributed by atoms with Gasteiger partial charge in [-0.15, -0.1) is 0 Å². The molecule has 1 aliphatic rings. The zero-order chi connectivity index (χ0) is 12.8. The number of hydrogen-bond acceptors (Lipinski definition) is 4. The molecule has 0 aliphatic carbocycles. The maximum atomic E-state index is 9.01. The molecular weight excluding hydrogens is 224 g/mol. The second kappa shape index (κ2) is 6.48. The summed E-state index contributed by atoms with van der Waals surface area (Å²) in [5.41, 5.74) is 1.58. The van der Waals surface area contributed by atoms with Gasteiger partial charge >= 0.3 is 0 Å². The predicted molar refractivity (Wildman–Crippen MR) is 70.9 cm³/mol. The van der Waals surface area contributed by atoms with E-state index in [2.05, 4.69) is 28.3 Å². The summed E-state index contributed by atoms with van der Waals surface area (Å²) in [6.45, 7) is 4.17. The lowest BCUT2D eigenvalue weighted by molar-refractivity contribution is 0.234. The molecule has 4 nitrogen and oxygen atoms in total. The van der Waals surface area contributed by atoms with E-state index in [1.807, 2.05) is 12.1 Å². The van der Waals surface area contributed by atoms with E-state index in [4.69, 9.17) is 5.26 Å². The van der Waals surface area contributed by atoms with Gasteiger partial charge in [0, 0.05) is 24.8 Å². The summed E-state index contributed by atoms with van der Waals surface area (Å²) in [7, 11) is 2.12. The van der Waals surface area contributed by atoms with Gasteiger partial charge in [0.05, 0.1) is 0 Å². The van der Waals surface area contributed by atoms with Crippen LogP contribution in [0.3, 0.4) is 0 Å². The number of nitriles is 1. The SMILES string of the molecule is CN(Cc1cccnc1C#N)CC1CCNCC1. The Kier molecular flexibility index (Phi) is 4.68. The van der Waals surface area contributed by atoms with Crippen LogP contribution in [-0.4, -0.2) is 36.6 Å². The van der Waals surface area contributed by atoms with Crippen molar-refractivity contribution in [2.24, 2.45) is 5.92 Å². The van der Waals surface area contributed by atoms with Crippen molar-refractivity contribution >= 4 is 0 Å². The summed E-state index contributed by atoms with van der Waals surface area (Å²) in [5.74, 6) is 0.776. The standard InChI is InChI=1S/C14H20N4/c1-18(10-12-4-7-16-8-5-12)11-13-3-2-6-17-14(13)9-15/h2-3,6,12,16H,4-5,7-8,10-11H2,1H3. The van der Waals surface area contributed by atoms with Crippen LogP contribution in [0.15, 0.2) is 18.3 Å². The molecule has 96 valence electrons. The molecule has 4 heteroatoms. The summed E-state index contributed by atoms with van der Waals surface area (Å²) in [4.78, 5) is 6.40. The van der Waals surface area contributed by atoms with Gasteiger partial charge in [-0.2, -0.15) is 5.26 Å². The normalized spacial score (nSPS) is 16.7. The Morgan fingerprint density at radius 1 is 1.50 bits per heavy atom. The summed E-state index contributed by atoms with van der Waals surface area (Å²) < 4.78 is 0. The average Bonchev–Trinajstić information content (AvgIpc) is 2.40. The van der Waals surface area contributed by atoms with Crippen LogP contribution in [0.4, 0.5) is 0 Å². The van der Waals surface area contributed by atoms with Crippen LogP contribution in [0.1, 0.15) is 24.1 Å². The van der Waals surface area contributed by atoms with Gasteiger partial charge in [-0.25, -0.2) is 4.98 Å². The summed E-state index contributed by atoms with van der Waals surface area (Å²) in [6.07, 6.45) is 4.18. The molecule has 1 aromatic rings. The number of pyridine rings is 1. The average molecular weight is 244 g/mol. The molecule has 0 amide bonds. The number of nitrogens with zero attached hydrogens (tertiary/aromatic N) is 3. The minimum Gasteiger partial charge on any atom is -0.317 e. The smallest absolute Gasteiger partial charge is 0.144 e. The molecule has 0 aromatic carbocycles. The van der Waals surface area contributed by atoms with Crippen molar-refractivity contribution in [3.8, 4) is 6.07 Å². The van der Waals surface area contributed by atoms with Crippen LogP contribution in [0.25, 0.3) is 0 Å². The fraction of sp³-hybridized carbons (Fsp3) is 0.571. The van der Waals surface area contributed by atoms with E-state index in [1.54, 1.807) is 6.20 Å². The van der Waals surface area contributed by atoms with Crippen LogP contribution in [0.2, 0.25) is 0 Å². The third kappa shape index (κ3) is 3.52. The molecule has 1 aromatic heterocycles. The Hall–Kier alpha value is -1.44. The molecule has 2 rings (SSSR count). The monoisotopic (exact) mass is 244 g/mol. The second-order valence-electron chi connectivity index (χ2n) is 5.01. The minimum absolute atomic E-state index is 0.551. The van der Waals surface area contributed by atoms with Gasteiger partial charge in [0.1, 0.15) is 11.8 Å². The fourth-order valence-electron chi connectivity index (χ4n) is 2.53. The minimum atomic E-state index is 0.551. The Labute approximate surface area is 109 Å². The maximum Gasteiger partial charge on any atom is 0.144 e. The first-order valence-electron chi connectivity index (χ1n) is 6.53. The topological polar surface area (TPSA) is 52.0 Å². The summed E-state index contributed by atoms with van der Waals surface area (Å²) in [6, 6.07) is 6.04. The van der Waals surface area contributed by atoms with E-state index in [0.29, 0.717) is 5.69 Å². The highest BCUT2D eigenvalue weighted by atomic mass is 15.1. The van der Waals surface area contributed by atoms with Gasteiger partial charge in [0.2, 0.25) is 0 Å². The zero-order valence-corrected chi connectivity index (χ0v) is 10.9. The van der Waals surface area contributed by atoms with Crippen molar-refractivity contribution in [1.82, 2.24) is 15.2 Å². The summed E-state index contributed by atoms with van der Waals surface area (Å²) >= 11 is 0. The van der Waals surface area contributed by atoms with Gasteiger partial charge in [0.25, 0.3) is 0 Å². The number of hydrogen-bond donors (Lipinski definition) is 1. The fourth-order valence-corrected chi connectivity index (χ4v) is 2.53. The molecular formula is C14H20N4. The zero-order valence-electron chi connectivity index (χ0n) is 10.9. The van der Waals surface area contributed by atoms with Gasteiger partial charge in [-0.3, -0.25) is 0 Å². The van der Waals surface area contributed by atoms with Crippen molar-refractivity contribution in [1.29, 1.82) is 5.26 Å². The first-order valence-corrected chi connectivity index (χ1v) is 6.53. The number of rotatable bonds is 4. The molecule has 18 heavy (non-hydrogen) atoms. The van der Waals surface area contributed by atoms with Crippen molar-refractivity contribution in [2.75, 3.05) is 26.7 Å². The maximum absolute atomic E-state index is 9.01. The van der Waals surface area contributed by atoms with E-state index < -0.39 is 0 Å². The molecule has 0 bridgehead atoms. The van der Waals surface area contributed by atoms with Gasteiger partial charge < -0.3 is 10.2 Å². The van der Waals surface area contributed by atoms with Gasteiger partial charge in [-0.1, -0.05) is 6.07 Å². The van der Waals surface area contributed by atoms with Crippen molar-refractivity contribution in [2.45, 2.75) is 19.4 Å². The highest BCUT2D eigenvalue weighted by Gasteiger charge is 2.15. The molecule has 2 heterocycles. The van der Waals surface area contributed by atoms with Crippen LogP contribution in [-0.2, 0) is 6.54 Å². The first-order chi connectivity index (χ1) is 8.79. The number of piperidine rings is 1. The molecule has 0 radical (unpaired) electrons. The van der Waals surface area contributed by atoms with Crippen LogP contribution >= 0.6 is 0 Å². The lowest BCUT2D eigenvalue weighted by atomic mass is 9.97. The Balaban J connectivity index is 1.90. The molecule has 0 saturated carbocycles. The van der Waals surface area contributed by atoms with E-state index in [9.17, 15) is 0 Å². The van der Waals surface area contributed by atoms with E-state index in [-0.39, 0.29) is 0 Å². The van der Waals surface area contributed by atoms with Gasteiger partial charge in [0.15, 0.2) is 0 Å². The molecule has 1 fully saturated rings. The second-order valence-corrected chi connectivity index (χ2v) is 5.01. The van der Waals surface area contributed by atoms with E-state index in [1.165, 1.54) is 12.8 Å². The van der Waals surface area contributed by atoms with E-state index in [0.717, 1.165) is 37.7 Å². The van der Waals surface area contributed by atoms with Crippen molar-refractivity contribution in [3.05, 3.63) is 29.6 Å². The highest BCUT2D eigenvalue weighted by Crippen LogP contribution is 2.15. The third-order valence-corrected chi connectivity index (χ3v) is 3.47. The lowest BCUT2D eigenvalue weighted by Gasteiger charge is -2.27. The molecule has 1 aliphatic heterocycles. The van der Waals surface area contributed by atoms with Gasteiger partial charge in [-0.05, 0) is 45.0 Å². The Morgan fingerprint density at radius 3 is 3.00 bits per heavy atom. The van der Waals surface area contributed by atoms with Crippen molar-refractivity contribution < 1.29 is 0 Å². The molecule has 0 unspecified atom stereocenters. The highest BCUT2D eigenvalue weighted by molar-refractivity contribution is 5.30. The molecule has 0 atom stereocenters. The lowest BCUT2D eigenvalue weighted by Crippen LogP contribution is -2.34. The molecule has 1 saturated heterocycles. The molecule has 0 spiro atoms. The molecule has 1 N–H and O–H groups in total. The van der Waals surface area contributed by atoms with Crippen LogP contribution in [0.5, 0.6) is 0 Å². The van der Waals surface area contributed by atoms with Crippen LogP contribution < -0.4 is 5.32 Å². The number of nitrogens with one attached hydrogen (secondary N) is 1. The first kappa shape index (κ1) is 13.0. The summed E-state index contributed by atoms with van der Waals surface area (Å²) in [5, 5.41) is 12.4. The Morgan fingerprint density at radius 2 is 2.28 bits per heavy atom. The predicted octanol–water partition coefficient (Wildman–Crippen LogP) is 1.38. The van der Waals surface area contributed by atoms with Crippen molar-refractivity contribution in [3.63, 3.8) is 0 Å². The third-order valence-electron chi connectivity index (χ3n) is 3.47.